The van der Waals surface area contributed by atoms with Gasteiger partial charge >= 0.3 is 11.6 Å². The van der Waals surface area contributed by atoms with E-state index in [1.165, 1.54) is 13.2 Å². The molecule has 0 aliphatic carbocycles. The van der Waals surface area contributed by atoms with Crippen LogP contribution in [-0.4, -0.2) is 30.1 Å². The molecular weight excluding hydrogens is 374 g/mol. The van der Waals surface area contributed by atoms with Gasteiger partial charge < -0.3 is 19.6 Å². The summed E-state index contributed by atoms with van der Waals surface area (Å²) >= 11 is 6.14. The van der Waals surface area contributed by atoms with E-state index in [-0.39, 0.29) is 17.9 Å². The van der Waals surface area contributed by atoms with E-state index in [2.05, 4.69) is 5.32 Å². The van der Waals surface area contributed by atoms with Crippen LogP contribution < -0.4 is 15.7 Å². The Labute approximate surface area is 161 Å². The highest BCUT2D eigenvalue weighted by Gasteiger charge is 2.23. The van der Waals surface area contributed by atoms with E-state index in [1.807, 2.05) is 13.8 Å². The van der Waals surface area contributed by atoms with Gasteiger partial charge in [0.05, 0.1) is 24.1 Å². The van der Waals surface area contributed by atoms with Crippen molar-refractivity contribution in [3.63, 3.8) is 0 Å². The number of aliphatic carboxylic acids is 1. The number of ether oxygens (including phenoxy) is 1. The topological polar surface area (TPSA) is 106 Å². The molecule has 0 saturated carbocycles. The summed E-state index contributed by atoms with van der Waals surface area (Å²) in [5.41, 5.74) is 0.355. The zero-order valence-electron chi connectivity index (χ0n) is 15.6. The first-order valence-electron chi connectivity index (χ1n) is 8.46. The Balaban J connectivity index is 2.34. The maximum absolute atomic E-state index is 12.3. The summed E-state index contributed by atoms with van der Waals surface area (Å²) in [6, 6.07) is 2.11. The first-order valence-corrected chi connectivity index (χ1v) is 8.83. The molecule has 1 atom stereocenters. The van der Waals surface area contributed by atoms with Crippen molar-refractivity contribution >= 4 is 34.4 Å². The molecule has 0 aliphatic rings. The quantitative estimate of drug-likeness (QED) is 0.698. The van der Waals surface area contributed by atoms with Crippen molar-refractivity contribution in [1.82, 2.24) is 5.32 Å². The number of nitrogens with one attached hydrogen (secondary N) is 1. The lowest BCUT2D eigenvalue weighted by atomic mass is 10.0. The lowest BCUT2D eigenvalue weighted by Gasteiger charge is -2.17. The summed E-state index contributed by atoms with van der Waals surface area (Å²) < 4.78 is 10.4. The Morgan fingerprint density at radius 3 is 2.56 bits per heavy atom. The second kappa shape index (κ2) is 8.43. The number of carbonyl (C=O) groups is 2. The predicted octanol–water partition coefficient (Wildman–Crippen LogP) is 2.92. The summed E-state index contributed by atoms with van der Waals surface area (Å²) in [4.78, 5) is 36.0. The van der Waals surface area contributed by atoms with Gasteiger partial charge in [0.25, 0.3) is 0 Å². The van der Waals surface area contributed by atoms with Crippen LogP contribution >= 0.6 is 11.6 Å². The molecule has 0 spiro atoms. The zero-order chi connectivity index (χ0) is 20.3. The van der Waals surface area contributed by atoms with Crippen LogP contribution in [-0.2, 0) is 16.0 Å². The Morgan fingerprint density at radius 2 is 2.00 bits per heavy atom. The van der Waals surface area contributed by atoms with E-state index in [4.69, 9.17) is 20.8 Å². The predicted molar refractivity (Wildman–Crippen MR) is 102 cm³/mol. The molecule has 1 heterocycles. The second-order valence-corrected chi connectivity index (χ2v) is 7.15. The minimum atomic E-state index is -1.11. The highest BCUT2D eigenvalue weighted by molar-refractivity contribution is 6.32. The molecule has 2 rings (SSSR count). The maximum atomic E-state index is 12.3. The van der Waals surface area contributed by atoms with E-state index in [9.17, 15) is 19.5 Å². The monoisotopic (exact) mass is 395 g/mol. The largest absolute Gasteiger partial charge is 0.495 e. The number of hydrogen-bond donors (Lipinski definition) is 2. The summed E-state index contributed by atoms with van der Waals surface area (Å²) in [5, 5.41) is 12.6. The van der Waals surface area contributed by atoms with E-state index in [1.54, 1.807) is 13.0 Å². The molecule has 0 radical (unpaired) electrons. The maximum Gasteiger partial charge on any atom is 0.340 e. The number of carboxylic acid groups (broad SMARTS) is 1. The van der Waals surface area contributed by atoms with Gasteiger partial charge in [0.15, 0.2) is 0 Å². The second-order valence-electron chi connectivity index (χ2n) is 6.74. The van der Waals surface area contributed by atoms with Gasteiger partial charge in [0, 0.05) is 11.5 Å². The van der Waals surface area contributed by atoms with Crippen molar-refractivity contribution < 1.29 is 23.8 Å². The van der Waals surface area contributed by atoms with Crippen LogP contribution in [0.25, 0.3) is 11.0 Å². The Morgan fingerprint density at radius 1 is 1.33 bits per heavy atom. The van der Waals surface area contributed by atoms with Crippen LogP contribution in [0.4, 0.5) is 0 Å². The molecule has 1 amide bonds. The fraction of sp³-hybridized carbons (Fsp3) is 0.421. The van der Waals surface area contributed by atoms with Gasteiger partial charge in [-0.3, -0.25) is 4.79 Å². The molecule has 0 fully saturated rings. The SMILES string of the molecule is COc1cc2oc(=O)c(CC(=O)NC(CC(C)C)C(=O)O)c(C)c2cc1Cl. The lowest BCUT2D eigenvalue weighted by molar-refractivity contribution is -0.142. The van der Waals surface area contributed by atoms with Crippen LogP contribution in [0.5, 0.6) is 5.75 Å². The van der Waals surface area contributed by atoms with Crippen molar-refractivity contribution in [2.45, 2.75) is 39.7 Å². The van der Waals surface area contributed by atoms with Gasteiger partial charge in [-0.2, -0.15) is 0 Å². The van der Waals surface area contributed by atoms with Crippen LogP contribution in [0.15, 0.2) is 21.3 Å². The minimum Gasteiger partial charge on any atom is -0.495 e. The summed E-state index contributed by atoms with van der Waals surface area (Å²) in [6.45, 7) is 5.41. The normalized spacial score (nSPS) is 12.2. The summed E-state index contributed by atoms with van der Waals surface area (Å²) in [6.07, 6.45) is 0.0113. The molecule has 27 heavy (non-hydrogen) atoms. The number of carboxylic acids is 1. The van der Waals surface area contributed by atoms with Gasteiger partial charge in [-0.05, 0) is 30.9 Å². The van der Waals surface area contributed by atoms with Crippen molar-refractivity contribution in [1.29, 1.82) is 0 Å². The minimum absolute atomic E-state index is 0.0935. The van der Waals surface area contributed by atoms with Gasteiger partial charge in [0.1, 0.15) is 17.4 Å². The third-order valence-corrected chi connectivity index (χ3v) is 4.53. The molecule has 146 valence electrons. The van der Waals surface area contributed by atoms with Crippen LogP contribution in [0, 0.1) is 12.8 Å². The number of methoxy groups -OCH3 is 1. The highest BCUT2D eigenvalue weighted by atomic mass is 35.5. The van der Waals surface area contributed by atoms with Crippen LogP contribution in [0.3, 0.4) is 0 Å². The number of benzene rings is 1. The zero-order valence-corrected chi connectivity index (χ0v) is 16.3. The molecule has 7 nitrogen and oxygen atoms in total. The van der Waals surface area contributed by atoms with Gasteiger partial charge in [0.2, 0.25) is 5.91 Å². The molecule has 2 aromatic rings. The number of rotatable bonds is 7. The third kappa shape index (κ3) is 4.80. The number of hydrogen-bond acceptors (Lipinski definition) is 5. The average molecular weight is 396 g/mol. The molecule has 0 saturated heterocycles. The van der Waals surface area contributed by atoms with E-state index >= 15 is 0 Å². The molecule has 8 heteroatoms. The number of carbonyl (C=O) groups excluding carboxylic acids is 1. The number of amides is 1. The fourth-order valence-corrected chi connectivity index (χ4v) is 3.09. The van der Waals surface area contributed by atoms with Crippen molar-refractivity contribution in [2.24, 2.45) is 5.92 Å². The van der Waals surface area contributed by atoms with Crippen LogP contribution in [0.2, 0.25) is 5.02 Å². The molecular formula is C19H22ClNO6. The molecule has 1 unspecified atom stereocenters. The Bertz CT molecular complexity index is 934. The van der Waals surface area contributed by atoms with Crippen molar-refractivity contribution in [2.75, 3.05) is 7.11 Å². The number of aryl methyl sites for hydroxylation is 1. The highest BCUT2D eigenvalue weighted by Crippen LogP contribution is 2.31. The Kier molecular flexibility index (Phi) is 6.49. The fourth-order valence-electron chi connectivity index (χ4n) is 2.85. The number of fused-ring (bicyclic) bond motifs is 1. The van der Waals surface area contributed by atoms with Gasteiger partial charge in [-0.15, -0.1) is 0 Å². The third-order valence-electron chi connectivity index (χ3n) is 4.24. The molecule has 1 aromatic heterocycles. The Hall–Kier alpha value is -2.54. The molecule has 1 aromatic carbocycles. The van der Waals surface area contributed by atoms with Gasteiger partial charge in [-0.1, -0.05) is 25.4 Å². The first-order chi connectivity index (χ1) is 12.6. The smallest absolute Gasteiger partial charge is 0.340 e. The van der Waals surface area contributed by atoms with Gasteiger partial charge in [-0.25, -0.2) is 9.59 Å². The van der Waals surface area contributed by atoms with E-state index in [0.29, 0.717) is 33.7 Å². The van der Waals surface area contributed by atoms with Crippen molar-refractivity contribution in [3.8, 4) is 5.75 Å². The molecule has 2 N–H and O–H groups in total. The standard InChI is InChI=1S/C19H22ClNO6/c1-9(2)5-14(18(23)24)21-17(22)7-12-10(3)11-6-13(20)16(26-4)8-15(11)27-19(12)25/h6,8-9,14H,5,7H2,1-4H3,(H,21,22)(H,23,24). The molecule has 0 bridgehead atoms. The average Bonchev–Trinajstić information content (AvgIpc) is 2.58. The number of halogens is 1. The van der Waals surface area contributed by atoms with Crippen LogP contribution in [0.1, 0.15) is 31.4 Å². The summed E-state index contributed by atoms with van der Waals surface area (Å²) in [7, 11) is 1.45. The lowest BCUT2D eigenvalue weighted by Crippen LogP contribution is -2.42. The summed E-state index contributed by atoms with van der Waals surface area (Å²) in [5.74, 6) is -1.21. The molecule has 0 aliphatic heterocycles. The van der Waals surface area contributed by atoms with Crippen molar-refractivity contribution in [3.05, 3.63) is 38.7 Å². The first kappa shape index (κ1) is 20.8. The van der Waals surface area contributed by atoms with E-state index in [0.717, 1.165) is 0 Å². The van der Waals surface area contributed by atoms with E-state index < -0.39 is 23.5 Å².